The fourth-order valence-corrected chi connectivity index (χ4v) is 9.39. The summed E-state index contributed by atoms with van der Waals surface area (Å²) in [6.07, 6.45) is 0. The zero-order valence-corrected chi connectivity index (χ0v) is 19.2. The molecule has 4 rings (SSSR count). The summed E-state index contributed by atoms with van der Waals surface area (Å²) in [6.45, 7) is 0. The van der Waals surface area contributed by atoms with Crippen molar-refractivity contribution in [3.8, 4) is 11.1 Å². The first-order chi connectivity index (χ1) is 14.3. The van der Waals surface area contributed by atoms with E-state index >= 15 is 0 Å². The molecule has 0 fully saturated rings. The second-order valence-electron chi connectivity index (χ2n) is 6.50. The summed E-state index contributed by atoms with van der Waals surface area (Å²) in [7, 11) is 0. The first-order valence-corrected chi connectivity index (χ1v) is 13.1. The molecule has 0 heterocycles. The van der Waals surface area contributed by atoms with Crippen LogP contribution >= 0.6 is 0 Å². The van der Waals surface area contributed by atoms with Gasteiger partial charge in [-0.15, -0.1) is 0 Å². The molecule has 0 saturated heterocycles. The molecule has 0 aliphatic heterocycles. The van der Waals surface area contributed by atoms with E-state index in [0.717, 1.165) is 11.1 Å². The third-order valence-electron chi connectivity index (χ3n) is 4.46. The summed E-state index contributed by atoms with van der Waals surface area (Å²) in [5.74, 6) is 0.261. The summed E-state index contributed by atoms with van der Waals surface area (Å²) in [4.78, 5) is 13.4. The topological polar surface area (TPSA) is 17.1 Å². The minimum atomic E-state index is 0.0439. The normalized spacial score (nSPS) is 10.8. The number of carbonyl (C=O) groups is 1. The Morgan fingerprint density at radius 3 is 1.41 bits per heavy atom. The van der Waals surface area contributed by atoms with Gasteiger partial charge in [-0.2, -0.15) is 0 Å². The molecule has 0 spiro atoms. The molecular weight excluding hydrogens is 486 g/mol. The number of rotatable bonds is 7. The fourth-order valence-electron chi connectivity index (χ4n) is 2.97. The molecule has 4 aromatic rings. The predicted octanol–water partition coefficient (Wildman–Crippen LogP) is 4.34. The van der Waals surface area contributed by atoms with E-state index in [1.165, 1.54) is 14.5 Å². The average Bonchev–Trinajstić information content (AvgIpc) is 2.80. The van der Waals surface area contributed by atoms with Crippen LogP contribution in [0.2, 0.25) is 3.71 Å². The van der Waals surface area contributed by atoms with Gasteiger partial charge in [-0.05, 0) is 0 Å². The van der Waals surface area contributed by atoms with Crippen molar-refractivity contribution in [3.63, 3.8) is 0 Å². The van der Waals surface area contributed by atoms with Crippen molar-refractivity contribution in [2.24, 2.45) is 0 Å². The van der Waals surface area contributed by atoms with Crippen molar-refractivity contribution in [1.82, 2.24) is 0 Å². The van der Waals surface area contributed by atoms with Crippen LogP contribution in [0.15, 0.2) is 115 Å². The molecule has 0 radical (unpaired) electrons. The van der Waals surface area contributed by atoms with Gasteiger partial charge in [0.15, 0.2) is 0 Å². The number of hydrogen-bond donors (Lipinski definition) is 0. The Kier molecular flexibility index (Phi) is 6.77. The Morgan fingerprint density at radius 1 is 0.517 bits per heavy atom. The number of hydrogen-bond acceptors (Lipinski definition) is 1. The van der Waals surface area contributed by atoms with Gasteiger partial charge in [-0.1, -0.05) is 0 Å². The standard InChI is InChI=1S/C26H20OSe2/c27-25(22-18-16-21(17-19-22)20-10-4-1-5-11-20)26(28-23-12-6-2-7-13-23)29-24-14-8-3-9-15-24/h1-19,26H. The zero-order chi connectivity index (χ0) is 19.9. The molecule has 0 aliphatic rings. The first kappa shape index (κ1) is 19.9. The van der Waals surface area contributed by atoms with Crippen LogP contribution in [0.5, 0.6) is 0 Å². The van der Waals surface area contributed by atoms with Crippen LogP contribution in [0.25, 0.3) is 11.1 Å². The van der Waals surface area contributed by atoms with Crippen molar-refractivity contribution in [2.75, 3.05) is 0 Å². The summed E-state index contributed by atoms with van der Waals surface area (Å²) in [5, 5.41) is 0. The number of carbonyl (C=O) groups excluding carboxylic acids is 1. The second-order valence-corrected chi connectivity index (χ2v) is 13.0. The van der Waals surface area contributed by atoms with Gasteiger partial charge in [0.05, 0.1) is 0 Å². The van der Waals surface area contributed by atoms with Gasteiger partial charge in [0, 0.05) is 0 Å². The Morgan fingerprint density at radius 2 is 0.931 bits per heavy atom. The Bertz CT molecular complexity index is 1000. The molecule has 0 bridgehead atoms. The summed E-state index contributed by atoms with van der Waals surface area (Å²) in [6, 6.07) is 39.2. The zero-order valence-electron chi connectivity index (χ0n) is 15.8. The van der Waals surface area contributed by atoms with E-state index < -0.39 is 0 Å². The molecule has 0 N–H and O–H groups in total. The van der Waals surface area contributed by atoms with Crippen molar-refractivity contribution in [3.05, 3.63) is 121 Å². The molecule has 0 atom stereocenters. The Labute approximate surface area is 184 Å². The van der Waals surface area contributed by atoms with E-state index in [-0.39, 0.29) is 39.4 Å². The third-order valence-corrected chi connectivity index (χ3v) is 10.6. The van der Waals surface area contributed by atoms with E-state index in [9.17, 15) is 4.79 Å². The van der Waals surface area contributed by atoms with Crippen molar-refractivity contribution in [2.45, 2.75) is 3.71 Å². The molecule has 4 aromatic carbocycles. The summed E-state index contributed by atoms with van der Waals surface area (Å²) >= 11 is 0.207. The molecule has 29 heavy (non-hydrogen) atoms. The molecule has 142 valence electrons. The van der Waals surface area contributed by atoms with Crippen LogP contribution in [0.4, 0.5) is 0 Å². The molecule has 0 unspecified atom stereocenters. The fraction of sp³-hybridized carbons (Fsp3) is 0.0385. The van der Waals surface area contributed by atoms with E-state index in [2.05, 4.69) is 72.8 Å². The van der Waals surface area contributed by atoms with Crippen LogP contribution in [-0.4, -0.2) is 35.7 Å². The van der Waals surface area contributed by atoms with Gasteiger partial charge >= 0.3 is 185 Å². The summed E-state index contributed by atoms with van der Waals surface area (Å²) in [5.41, 5.74) is 3.12. The van der Waals surface area contributed by atoms with Gasteiger partial charge in [-0.3, -0.25) is 0 Å². The van der Waals surface area contributed by atoms with E-state index in [4.69, 9.17) is 0 Å². The quantitative estimate of drug-likeness (QED) is 0.269. The van der Waals surface area contributed by atoms with Crippen molar-refractivity contribution < 1.29 is 4.79 Å². The number of Topliss-reactive ketones (excluding diaryl/α,β-unsaturated/α-hetero) is 1. The number of benzene rings is 4. The number of ketones is 1. The molecule has 0 aliphatic carbocycles. The van der Waals surface area contributed by atoms with Crippen LogP contribution in [0, 0.1) is 0 Å². The minimum absolute atomic E-state index is 0.0439. The first-order valence-electron chi connectivity index (χ1n) is 9.43. The van der Waals surface area contributed by atoms with E-state index in [0.29, 0.717) is 0 Å². The van der Waals surface area contributed by atoms with Gasteiger partial charge < -0.3 is 0 Å². The van der Waals surface area contributed by atoms with Crippen molar-refractivity contribution in [1.29, 1.82) is 0 Å². The monoisotopic (exact) mass is 508 g/mol. The van der Waals surface area contributed by atoms with Gasteiger partial charge in [0.25, 0.3) is 0 Å². The Hall–Kier alpha value is -2.41. The van der Waals surface area contributed by atoms with Crippen LogP contribution in [0.1, 0.15) is 10.4 Å². The molecule has 0 saturated carbocycles. The molecule has 1 nitrogen and oxygen atoms in total. The van der Waals surface area contributed by atoms with E-state index in [1.54, 1.807) is 0 Å². The van der Waals surface area contributed by atoms with Gasteiger partial charge in [0.1, 0.15) is 0 Å². The molecular formula is C26H20OSe2. The Balaban J connectivity index is 1.58. The molecule has 0 amide bonds. The van der Waals surface area contributed by atoms with Gasteiger partial charge in [0.2, 0.25) is 0 Å². The van der Waals surface area contributed by atoms with E-state index in [1.807, 2.05) is 42.5 Å². The average molecular weight is 506 g/mol. The summed E-state index contributed by atoms with van der Waals surface area (Å²) < 4.78 is 2.59. The maximum atomic E-state index is 13.4. The maximum absolute atomic E-state index is 13.4. The van der Waals surface area contributed by atoms with Crippen molar-refractivity contribution >= 4 is 44.6 Å². The predicted molar refractivity (Wildman–Crippen MR) is 124 cm³/mol. The van der Waals surface area contributed by atoms with Crippen LogP contribution in [-0.2, 0) is 0 Å². The SMILES string of the molecule is O=C(c1ccc(-c2ccccc2)cc1)C([Se]c1ccccc1)[Se]c1ccccc1. The van der Waals surface area contributed by atoms with Crippen LogP contribution in [0.3, 0.4) is 0 Å². The van der Waals surface area contributed by atoms with Gasteiger partial charge in [-0.25, -0.2) is 0 Å². The molecule has 3 heteroatoms. The second kappa shape index (κ2) is 9.87. The third kappa shape index (κ3) is 5.35. The molecule has 0 aromatic heterocycles. The van der Waals surface area contributed by atoms with Crippen LogP contribution < -0.4 is 8.92 Å².